The minimum Gasteiger partial charge on any atom is -0.504 e. The molecule has 2 atom stereocenters. The van der Waals surface area contributed by atoms with Gasteiger partial charge in [0.25, 0.3) is 0 Å². The van der Waals surface area contributed by atoms with Crippen LogP contribution < -0.4 is 15.4 Å². The third kappa shape index (κ3) is 4.42. The van der Waals surface area contributed by atoms with E-state index in [2.05, 4.69) is 10.6 Å². The van der Waals surface area contributed by atoms with E-state index in [1.54, 1.807) is 18.2 Å². The van der Waals surface area contributed by atoms with Gasteiger partial charge in [-0.3, -0.25) is 5.32 Å². The van der Waals surface area contributed by atoms with Crippen LogP contribution in [0, 0.1) is 0 Å². The molecule has 1 aliphatic rings. The van der Waals surface area contributed by atoms with E-state index >= 15 is 0 Å². The van der Waals surface area contributed by atoms with Crippen LogP contribution in [0.25, 0.3) is 5.70 Å². The molecule has 3 aromatic carbocycles. The van der Waals surface area contributed by atoms with Gasteiger partial charge in [0.1, 0.15) is 6.17 Å². The maximum Gasteiger partial charge on any atom is 0.337 e. The highest BCUT2D eigenvalue weighted by Gasteiger charge is 2.26. The van der Waals surface area contributed by atoms with Gasteiger partial charge < -0.3 is 19.9 Å². The third-order valence-corrected chi connectivity index (χ3v) is 5.64. The van der Waals surface area contributed by atoms with Crippen molar-refractivity contribution >= 4 is 23.3 Å². The summed E-state index contributed by atoms with van der Waals surface area (Å²) in [5.41, 5.74) is 3.93. The highest BCUT2D eigenvalue weighted by atomic mass is 35.5. The molecule has 164 valence electrons. The molecule has 2 unspecified atom stereocenters. The summed E-state index contributed by atoms with van der Waals surface area (Å²) < 4.78 is 10.1. The number of benzene rings is 3. The van der Waals surface area contributed by atoms with E-state index in [1.165, 1.54) is 14.2 Å². The SMILES string of the molecule is COC(=O)c1ccc(C2NC(c3ccc(Cl)cc3)=CC(c3cccc(OC)c3O)N2)cc1. The van der Waals surface area contributed by atoms with E-state index in [4.69, 9.17) is 21.1 Å². The lowest BCUT2D eigenvalue weighted by molar-refractivity contribution is 0.0600. The van der Waals surface area contributed by atoms with Crippen molar-refractivity contribution in [2.45, 2.75) is 12.2 Å². The van der Waals surface area contributed by atoms with Gasteiger partial charge in [-0.2, -0.15) is 0 Å². The van der Waals surface area contributed by atoms with Crippen molar-refractivity contribution in [3.05, 3.63) is 100 Å². The Morgan fingerprint density at radius 3 is 2.38 bits per heavy atom. The van der Waals surface area contributed by atoms with Crippen molar-refractivity contribution in [3.63, 3.8) is 0 Å². The summed E-state index contributed by atoms with van der Waals surface area (Å²) in [5, 5.41) is 18.4. The van der Waals surface area contributed by atoms with Crippen molar-refractivity contribution in [2.24, 2.45) is 0 Å². The number of nitrogens with one attached hydrogen (secondary N) is 2. The van der Waals surface area contributed by atoms with Crippen LogP contribution in [0.4, 0.5) is 0 Å². The van der Waals surface area contributed by atoms with E-state index in [-0.39, 0.29) is 23.9 Å². The van der Waals surface area contributed by atoms with E-state index in [1.807, 2.05) is 54.6 Å². The number of ether oxygens (including phenoxy) is 2. The van der Waals surface area contributed by atoms with Crippen LogP contribution in [-0.4, -0.2) is 25.3 Å². The molecule has 0 radical (unpaired) electrons. The molecule has 32 heavy (non-hydrogen) atoms. The average molecular weight is 451 g/mol. The summed E-state index contributed by atoms with van der Waals surface area (Å²) in [4.78, 5) is 11.8. The van der Waals surface area contributed by atoms with E-state index in [0.717, 1.165) is 16.8 Å². The fourth-order valence-corrected chi connectivity index (χ4v) is 3.82. The number of para-hydroxylation sites is 1. The Hall–Kier alpha value is -3.48. The quantitative estimate of drug-likeness (QED) is 0.484. The van der Waals surface area contributed by atoms with Gasteiger partial charge in [0.15, 0.2) is 11.5 Å². The van der Waals surface area contributed by atoms with Crippen molar-refractivity contribution in [1.82, 2.24) is 10.6 Å². The van der Waals surface area contributed by atoms with Crippen LogP contribution >= 0.6 is 11.6 Å². The number of esters is 1. The molecule has 1 heterocycles. The number of methoxy groups -OCH3 is 2. The highest BCUT2D eigenvalue weighted by Crippen LogP contribution is 2.38. The molecule has 1 aliphatic heterocycles. The minimum atomic E-state index is -0.387. The maximum absolute atomic E-state index is 11.8. The maximum atomic E-state index is 11.8. The summed E-state index contributed by atoms with van der Waals surface area (Å²) in [5.74, 6) is 0.103. The lowest BCUT2D eigenvalue weighted by atomic mass is 9.97. The Morgan fingerprint density at radius 2 is 1.72 bits per heavy atom. The van der Waals surface area contributed by atoms with Gasteiger partial charge in [-0.15, -0.1) is 0 Å². The van der Waals surface area contributed by atoms with Crippen molar-refractivity contribution in [3.8, 4) is 11.5 Å². The normalized spacial score (nSPS) is 17.8. The molecule has 0 aromatic heterocycles. The fourth-order valence-electron chi connectivity index (χ4n) is 3.69. The molecule has 0 spiro atoms. The molecule has 0 aliphatic carbocycles. The third-order valence-electron chi connectivity index (χ3n) is 5.38. The summed E-state index contributed by atoms with van der Waals surface area (Å²) in [6.07, 6.45) is 1.73. The van der Waals surface area contributed by atoms with Crippen molar-refractivity contribution in [2.75, 3.05) is 14.2 Å². The Bertz CT molecular complexity index is 1140. The number of carbonyl (C=O) groups is 1. The lowest BCUT2D eigenvalue weighted by Crippen LogP contribution is -2.39. The molecule has 0 saturated carbocycles. The molecule has 7 heteroatoms. The van der Waals surface area contributed by atoms with Crippen LogP contribution in [0.5, 0.6) is 11.5 Å². The fraction of sp³-hybridized carbons (Fsp3) is 0.160. The van der Waals surface area contributed by atoms with E-state index in [9.17, 15) is 9.90 Å². The zero-order valence-electron chi connectivity index (χ0n) is 17.6. The Balaban J connectivity index is 1.73. The highest BCUT2D eigenvalue weighted by molar-refractivity contribution is 6.30. The molecular weight excluding hydrogens is 428 g/mol. The number of halogens is 1. The number of hydrogen-bond donors (Lipinski definition) is 3. The number of rotatable bonds is 5. The largest absolute Gasteiger partial charge is 0.504 e. The number of hydrogen-bond acceptors (Lipinski definition) is 6. The molecule has 0 fully saturated rings. The Kier molecular flexibility index (Phi) is 6.35. The van der Waals surface area contributed by atoms with Crippen LogP contribution in [0.15, 0.2) is 72.8 Å². The first-order valence-corrected chi connectivity index (χ1v) is 10.4. The predicted molar refractivity (Wildman–Crippen MR) is 124 cm³/mol. The summed E-state index contributed by atoms with van der Waals surface area (Å²) in [7, 11) is 2.88. The van der Waals surface area contributed by atoms with Gasteiger partial charge in [0.05, 0.1) is 25.8 Å². The second-order valence-corrected chi connectivity index (χ2v) is 7.76. The number of aromatic hydroxyl groups is 1. The van der Waals surface area contributed by atoms with Crippen LogP contribution in [0.1, 0.15) is 39.3 Å². The molecule has 0 saturated heterocycles. The van der Waals surface area contributed by atoms with Gasteiger partial charge in [-0.05, 0) is 47.5 Å². The smallest absolute Gasteiger partial charge is 0.337 e. The number of phenolic OH excluding ortho intramolecular Hbond substituents is 1. The van der Waals surface area contributed by atoms with Gasteiger partial charge in [0.2, 0.25) is 0 Å². The molecule has 6 nitrogen and oxygen atoms in total. The number of phenols is 1. The molecule has 4 rings (SSSR count). The summed E-state index contributed by atoms with van der Waals surface area (Å²) in [6, 6.07) is 19.8. The van der Waals surface area contributed by atoms with E-state index < -0.39 is 0 Å². The molecule has 0 bridgehead atoms. The van der Waals surface area contributed by atoms with Crippen molar-refractivity contribution < 1.29 is 19.4 Å². The summed E-state index contributed by atoms with van der Waals surface area (Å²) in [6.45, 7) is 0. The molecule has 3 N–H and O–H groups in total. The predicted octanol–water partition coefficient (Wildman–Crippen LogP) is 4.81. The molecule has 0 amide bonds. The lowest BCUT2D eigenvalue weighted by Gasteiger charge is -2.33. The van der Waals surface area contributed by atoms with Crippen LogP contribution in [-0.2, 0) is 4.74 Å². The zero-order valence-corrected chi connectivity index (χ0v) is 18.4. The molecule has 3 aromatic rings. The summed E-state index contributed by atoms with van der Waals surface area (Å²) >= 11 is 6.07. The second kappa shape index (κ2) is 9.34. The van der Waals surface area contributed by atoms with Crippen LogP contribution in [0.3, 0.4) is 0 Å². The van der Waals surface area contributed by atoms with Gasteiger partial charge in [0, 0.05) is 16.3 Å². The first-order chi connectivity index (χ1) is 15.5. The molecular formula is C25H23ClN2O4. The second-order valence-electron chi connectivity index (χ2n) is 7.32. The zero-order chi connectivity index (χ0) is 22.7. The first kappa shape index (κ1) is 21.7. The minimum absolute atomic E-state index is 0.0842. The standard InChI is InChI=1S/C25H23ClN2O4/c1-31-22-5-3-4-19(23(22)29)21-14-20(15-10-12-18(26)13-11-15)27-24(28-21)16-6-8-17(9-7-16)25(30)32-2/h3-14,21,24,27-29H,1-2H3. The van der Waals surface area contributed by atoms with E-state index in [0.29, 0.717) is 21.9 Å². The number of carbonyl (C=O) groups excluding carboxylic acids is 1. The first-order valence-electron chi connectivity index (χ1n) is 10.0. The monoisotopic (exact) mass is 450 g/mol. The Morgan fingerprint density at radius 1 is 1.00 bits per heavy atom. The average Bonchev–Trinajstić information content (AvgIpc) is 2.84. The van der Waals surface area contributed by atoms with Crippen LogP contribution in [0.2, 0.25) is 5.02 Å². The van der Waals surface area contributed by atoms with Crippen molar-refractivity contribution in [1.29, 1.82) is 0 Å². The van der Waals surface area contributed by atoms with Gasteiger partial charge >= 0.3 is 5.97 Å². The van der Waals surface area contributed by atoms with Gasteiger partial charge in [-0.1, -0.05) is 48.0 Å². The Labute approximate surface area is 191 Å². The van der Waals surface area contributed by atoms with Gasteiger partial charge in [-0.25, -0.2) is 4.79 Å². The topological polar surface area (TPSA) is 79.8 Å².